The maximum atomic E-state index is 12.0. The average Bonchev–Trinajstić information content (AvgIpc) is 2.87. The molecule has 0 fully saturated rings. The maximum Gasteiger partial charge on any atom is 0.240 e. The zero-order valence-electron chi connectivity index (χ0n) is 21.1. The van der Waals surface area contributed by atoms with Crippen LogP contribution in [-0.4, -0.2) is 19.2 Å². The van der Waals surface area contributed by atoms with Gasteiger partial charge in [0.1, 0.15) is 6.61 Å². The molecule has 1 N–H and O–H groups in total. The molecule has 2 aromatic rings. The van der Waals surface area contributed by atoms with Crippen molar-refractivity contribution in [3.8, 4) is 11.5 Å². The third-order valence-electron chi connectivity index (χ3n) is 5.84. The molecule has 0 radical (unpaired) electrons. The van der Waals surface area contributed by atoms with Crippen LogP contribution in [0.1, 0.15) is 95.1 Å². The molecule has 5 heteroatoms. The number of benzene rings is 2. The van der Waals surface area contributed by atoms with Crippen LogP contribution in [0.25, 0.3) is 0 Å². The van der Waals surface area contributed by atoms with Gasteiger partial charge >= 0.3 is 0 Å². The Morgan fingerprint density at radius 3 is 2.15 bits per heavy atom. The summed E-state index contributed by atoms with van der Waals surface area (Å²) in [7, 11) is 1.61. The van der Waals surface area contributed by atoms with Crippen molar-refractivity contribution in [3.05, 3.63) is 59.7 Å². The molecular weight excluding hydrogens is 424 g/mol. The Labute approximate surface area is 205 Å². The van der Waals surface area contributed by atoms with E-state index in [2.05, 4.69) is 17.5 Å². The zero-order chi connectivity index (χ0) is 24.3. The molecule has 0 spiro atoms. The lowest BCUT2D eigenvalue weighted by Gasteiger charge is -2.11. The highest BCUT2D eigenvalue weighted by Crippen LogP contribution is 2.28. The molecule has 0 unspecified atom stereocenters. The summed E-state index contributed by atoms with van der Waals surface area (Å²) in [5, 5.41) is 4.09. The lowest BCUT2D eigenvalue weighted by Crippen LogP contribution is -2.16. The van der Waals surface area contributed by atoms with E-state index in [0.717, 1.165) is 24.0 Å². The quantitative estimate of drug-likeness (QED) is 0.141. The van der Waals surface area contributed by atoms with Crippen LogP contribution >= 0.6 is 0 Å². The Morgan fingerprint density at radius 2 is 1.50 bits per heavy atom. The van der Waals surface area contributed by atoms with Gasteiger partial charge in [-0.25, -0.2) is 5.43 Å². The number of unbranched alkanes of at least 4 members (excludes halogenated alkanes) is 10. The number of carbonyl (C=O) groups is 1. The minimum absolute atomic E-state index is 0.0399. The lowest BCUT2D eigenvalue weighted by molar-refractivity contribution is -0.121. The third kappa shape index (κ3) is 11.9. The average molecular weight is 467 g/mol. The van der Waals surface area contributed by atoms with E-state index < -0.39 is 0 Å². The van der Waals surface area contributed by atoms with E-state index >= 15 is 0 Å². The molecule has 0 saturated heterocycles. The fourth-order valence-corrected chi connectivity index (χ4v) is 3.80. The van der Waals surface area contributed by atoms with E-state index in [-0.39, 0.29) is 5.91 Å². The van der Waals surface area contributed by atoms with E-state index in [1.807, 2.05) is 48.5 Å². The summed E-state index contributed by atoms with van der Waals surface area (Å²) in [6, 6.07) is 15.6. The van der Waals surface area contributed by atoms with Gasteiger partial charge < -0.3 is 9.47 Å². The lowest BCUT2D eigenvalue weighted by atomic mass is 10.1. The topological polar surface area (TPSA) is 59.9 Å². The van der Waals surface area contributed by atoms with E-state index in [0.29, 0.717) is 24.5 Å². The molecular formula is C29H42N2O3. The van der Waals surface area contributed by atoms with E-state index in [1.54, 1.807) is 13.3 Å². The van der Waals surface area contributed by atoms with Gasteiger partial charge in [0.15, 0.2) is 11.5 Å². The minimum atomic E-state index is -0.0399. The molecule has 1 amide bonds. The molecule has 0 heterocycles. The predicted molar refractivity (Wildman–Crippen MR) is 141 cm³/mol. The van der Waals surface area contributed by atoms with Crippen molar-refractivity contribution in [2.24, 2.45) is 5.10 Å². The van der Waals surface area contributed by atoms with Crippen LogP contribution < -0.4 is 14.9 Å². The summed E-state index contributed by atoms with van der Waals surface area (Å²) in [4.78, 5) is 12.0. The fourth-order valence-electron chi connectivity index (χ4n) is 3.80. The number of nitrogens with one attached hydrogen (secondary N) is 1. The van der Waals surface area contributed by atoms with Gasteiger partial charge in [0.25, 0.3) is 0 Å². The first kappa shape index (κ1) is 27.4. The second-order valence-corrected chi connectivity index (χ2v) is 8.76. The molecule has 2 rings (SSSR count). The third-order valence-corrected chi connectivity index (χ3v) is 5.84. The summed E-state index contributed by atoms with van der Waals surface area (Å²) >= 11 is 0. The number of carbonyl (C=O) groups excluding carboxylic acids is 1. The molecule has 0 aliphatic heterocycles. The molecule has 0 aliphatic rings. The van der Waals surface area contributed by atoms with E-state index in [9.17, 15) is 4.79 Å². The number of hydrogen-bond acceptors (Lipinski definition) is 4. The van der Waals surface area contributed by atoms with Crippen LogP contribution in [0, 0.1) is 0 Å². The van der Waals surface area contributed by atoms with Crippen LogP contribution in [0.2, 0.25) is 0 Å². The molecule has 5 nitrogen and oxygen atoms in total. The van der Waals surface area contributed by atoms with Gasteiger partial charge in [0, 0.05) is 6.42 Å². The van der Waals surface area contributed by atoms with Gasteiger partial charge in [0.2, 0.25) is 5.91 Å². The Bertz CT molecular complexity index is 837. The van der Waals surface area contributed by atoms with Gasteiger partial charge in [-0.1, -0.05) is 101 Å². The SMILES string of the molecule is CCCCCCCCCCCCCC(=O)N/N=C\c1ccc(OCc2ccccc2)c(OC)c1. The van der Waals surface area contributed by atoms with Gasteiger partial charge in [-0.2, -0.15) is 5.10 Å². The van der Waals surface area contributed by atoms with Crippen molar-refractivity contribution in [3.63, 3.8) is 0 Å². The number of methoxy groups -OCH3 is 1. The Balaban J connectivity index is 1.59. The van der Waals surface area contributed by atoms with Crippen molar-refractivity contribution >= 4 is 12.1 Å². The van der Waals surface area contributed by atoms with Crippen LogP contribution in [0.3, 0.4) is 0 Å². The Hall–Kier alpha value is -2.82. The molecule has 0 saturated carbocycles. The number of amides is 1. The highest BCUT2D eigenvalue weighted by atomic mass is 16.5. The summed E-state index contributed by atoms with van der Waals surface area (Å²) in [6.07, 6.45) is 16.2. The predicted octanol–water partition coefficient (Wildman–Crippen LogP) is 7.43. The minimum Gasteiger partial charge on any atom is -0.493 e. The number of hydrogen-bond donors (Lipinski definition) is 1. The van der Waals surface area contributed by atoms with E-state index in [1.165, 1.54) is 57.8 Å². The first-order valence-electron chi connectivity index (χ1n) is 12.9. The number of hydrazone groups is 1. The Morgan fingerprint density at radius 1 is 0.853 bits per heavy atom. The van der Waals surface area contributed by atoms with Crippen molar-refractivity contribution < 1.29 is 14.3 Å². The number of ether oxygens (including phenoxy) is 2. The van der Waals surface area contributed by atoms with Crippen LogP contribution in [0.4, 0.5) is 0 Å². The largest absolute Gasteiger partial charge is 0.493 e. The molecule has 186 valence electrons. The maximum absolute atomic E-state index is 12.0. The molecule has 0 atom stereocenters. The number of rotatable bonds is 18. The van der Waals surface area contributed by atoms with Crippen molar-refractivity contribution in [1.29, 1.82) is 0 Å². The van der Waals surface area contributed by atoms with Crippen LogP contribution in [0.15, 0.2) is 53.6 Å². The standard InChI is InChI=1S/C29H42N2O3/c1-3-4-5-6-7-8-9-10-11-12-16-19-29(32)31-30-23-26-20-21-27(28(22-26)33-2)34-24-25-17-14-13-15-18-25/h13-15,17-18,20-23H,3-12,16,19,24H2,1-2H3,(H,31,32)/b30-23-. The highest BCUT2D eigenvalue weighted by molar-refractivity contribution is 5.83. The Kier molecular flexibility index (Phi) is 14.2. The number of nitrogens with zero attached hydrogens (tertiary/aromatic N) is 1. The van der Waals surface area contributed by atoms with E-state index in [4.69, 9.17) is 9.47 Å². The molecule has 34 heavy (non-hydrogen) atoms. The van der Waals surface area contributed by atoms with Gasteiger partial charge in [-0.05, 0) is 35.7 Å². The second-order valence-electron chi connectivity index (χ2n) is 8.76. The molecule has 0 aliphatic carbocycles. The van der Waals surface area contributed by atoms with Crippen molar-refractivity contribution in [2.45, 2.75) is 90.6 Å². The van der Waals surface area contributed by atoms with Crippen molar-refractivity contribution in [1.82, 2.24) is 5.43 Å². The monoisotopic (exact) mass is 466 g/mol. The highest BCUT2D eigenvalue weighted by Gasteiger charge is 2.06. The van der Waals surface area contributed by atoms with Crippen LogP contribution in [-0.2, 0) is 11.4 Å². The zero-order valence-corrected chi connectivity index (χ0v) is 21.1. The second kappa shape index (κ2) is 17.6. The summed E-state index contributed by atoms with van der Waals surface area (Å²) in [6.45, 7) is 2.73. The van der Waals surface area contributed by atoms with Crippen LogP contribution in [0.5, 0.6) is 11.5 Å². The summed E-state index contributed by atoms with van der Waals surface area (Å²) < 4.78 is 11.3. The van der Waals surface area contributed by atoms with Gasteiger partial charge in [-0.3, -0.25) is 4.79 Å². The van der Waals surface area contributed by atoms with Gasteiger partial charge in [-0.15, -0.1) is 0 Å². The first-order chi connectivity index (χ1) is 16.7. The first-order valence-corrected chi connectivity index (χ1v) is 12.9. The fraction of sp³-hybridized carbons (Fsp3) is 0.517. The van der Waals surface area contributed by atoms with Crippen molar-refractivity contribution in [2.75, 3.05) is 7.11 Å². The van der Waals surface area contributed by atoms with Gasteiger partial charge in [0.05, 0.1) is 13.3 Å². The molecule has 0 bridgehead atoms. The molecule has 2 aromatic carbocycles. The smallest absolute Gasteiger partial charge is 0.240 e. The summed E-state index contributed by atoms with van der Waals surface area (Å²) in [5.41, 5.74) is 4.55. The molecule has 0 aromatic heterocycles. The summed E-state index contributed by atoms with van der Waals surface area (Å²) in [5.74, 6) is 1.26. The normalized spacial score (nSPS) is 11.0.